The van der Waals surface area contributed by atoms with E-state index in [1.165, 1.54) is 37.7 Å². The first-order valence-electron chi connectivity index (χ1n) is 11.9. The number of benzene rings is 3. The minimum atomic E-state index is -0.522. The molecule has 0 atom stereocenters. The van der Waals surface area contributed by atoms with Gasteiger partial charge in [-0.3, -0.25) is 4.79 Å². The first-order chi connectivity index (χ1) is 18.4. The number of nitrogens with one attached hydrogen (secondary N) is 1. The zero-order valence-corrected chi connectivity index (χ0v) is 21.2. The van der Waals surface area contributed by atoms with Gasteiger partial charge in [-0.05, 0) is 48.5 Å². The third-order valence-corrected chi connectivity index (χ3v) is 6.57. The highest BCUT2D eigenvalue weighted by Gasteiger charge is 2.22. The molecule has 0 spiro atoms. The fourth-order valence-corrected chi connectivity index (χ4v) is 4.42. The zero-order valence-electron chi connectivity index (χ0n) is 20.5. The van der Waals surface area contributed by atoms with Crippen LogP contribution in [0.4, 0.5) is 26.0 Å². The maximum Gasteiger partial charge on any atom is 0.260 e. The van der Waals surface area contributed by atoms with Crippen LogP contribution in [-0.4, -0.2) is 60.7 Å². The van der Waals surface area contributed by atoms with Crippen LogP contribution in [0.25, 0.3) is 10.9 Å². The Balaban J connectivity index is 1.28. The number of methoxy groups -OCH3 is 1. The second kappa shape index (κ2) is 11.1. The second-order valence-corrected chi connectivity index (χ2v) is 9.04. The van der Waals surface area contributed by atoms with Gasteiger partial charge in [-0.2, -0.15) is 0 Å². The minimum Gasteiger partial charge on any atom is -0.493 e. The number of rotatable bonds is 7. The molecule has 1 aliphatic heterocycles. The van der Waals surface area contributed by atoms with Crippen LogP contribution in [0, 0.1) is 11.6 Å². The van der Waals surface area contributed by atoms with Crippen LogP contribution in [0.1, 0.15) is 0 Å². The van der Waals surface area contributed by atoms with Gasteiger partial charge in [-0.1, -0.05) is 11.6 Å². The van der Waals surface area contributed by atoms with Crippen LogP contribution >= 0.6 is 11.6 Å². The molecule has 11 heteroatoms. The molecule has 1 saturated heterocycles. The summed E-state index contributed by atoms with van der Waals surface area (Å²) in [6.45, 7) is 2.14. The van der Waals surface area contributed by atoms with E-state index < -0.39 is 5.82 Å². The van der Waals surface area contributed by atoms with Crippen molar-refractivity contribution in [2.45, 2.75) is 0 Å². The Morgan fingerprint density at radius 1 is 1.00 bits per heavy atom. The van der Waals surface area contributed by atoms with Crippen molar-refractivity contribution < 1.29 is 23.0 Å². The molecular weight excluding hydrogens is 516 g/mol. The van der Waals surface area contributed by atoms with Gasteiger partial charge in [0.2, 0.25) is 0 Å². The number of halogens is 3. The Kier molecular flexibility index (Phi) is 7.41. The highest BCUT2D eigenvalue weighted by Crippen LogP contribution is 2.35. The fourth-order valence-electron chi connectivity index (χ4n) is 4.24. The van der Waals surface area contributed by atoms with Crippen molar-refractivity contribution in [3.63, 3.8) is 0 Å². The quantitative estimate of drug-likeness (QED) is 0.352. The summed E-state index contributed by atoms with van der Waals surface area (Å²) in [5.74, 6) is 0.266. The van der Waals surface area contributed by atoms with E-state index in [4.69, 9.17) is 21.1 Å². The maximum absolute atomic E-state index is 13.6. The van der Waals surface area contributed by atoms with E-state index in [0.717, 1.165) is 5.69 Å². The largest absolute Gasteiger partial charge is 0.493 e. The molecule has 1 N–H and O–H groups in total. The molecule has 2 heterocycles. The van der Waals surface area contributed by atoms with Gasteiger partial charge in [0.1, 0.15) is 23.8 Å². The summed E-state index contributed by atoms with van der Waals surface area (Å²) in [4.78, 5) is 25.3. The van der Waals surface area contributed by atoms with Crippen molar-refractivity contribution in [3.8, 4) is 11.5 Å². The van der Waals surface area contributed by atoms with Crippen LogP contribution in [-0.2, 0) is 4.79 Å². The number of aromatic nitrogens is 2. The average molecular weight is 540 g/mol. The molecule has 5 rings (SSSR count). The Hall–Kier alpha value is -4.18. The third kappa shape index (κ3) is 5.55. The Morgan fingerprint density at radius 2 is 1.76 bits per heavy atom. The predicted molar refractivity (Wildman–Crippen MR) is 141 cm³/mol. The lowest BCUT2D eigenvalue weighted by molar-refractivity contribution is -0.133. The van der Waals surface area contributed by atoms with Crippen LogP contribution in [0.3, 0.4) is 0 Å². The molecule has 3 aromatic carbocycles. The van der Waals surface area contributed by atoms with Gasteiger partial charge >= 0.3 is 0 Å². The number of carbonyl (C=O) groups is 1. The van der Waals surface area contributed by atoms with Crippen molar-refractivity contribution in [3.05, 3.63) is 77.6 Å². The molecule has 1 amide bonds. The predicted octanol–water partition coefficient (Wildman–Crippen LogP) is 5.04. The summed E-state index contributed by atoms with van der Waals surface area (Å²) >= 11 is 5.91. The van der Waals surface area contributed by atoms with Gasteiger partial charge in [0, 0.05) is 49.0 Å². The van der Waals surface area contributed by atoms with Crippen molar-refractivity contribution in [1.29, 1.82) is 0 Å². The van der Waals surface area contributed by atoms with Crippen LogP contribution in [0.5, 0.6) is 11.5 Å². The summed E-state index contributed by atoms with van der Waals surface area (Å²) < 4.78 is 38.1. The molecule has 0 radical (unpaired) electrons. The van der Waals surface area contributed by atoms with Crippen LogP contribution < -0.4 is 19.7 Å². The summed E-state index contributed by atoms with van der Waals surface area (Å²) in [6.07, 6.45) is 1.39. The SMILES string of the molecule is COc1cc2ncnc(Nc3ccc(F)c(Cl)c3)c2cc1OCC(=O)N1CCN(c2ccc(F)cc2)CC1. The number of piperazine rings is 1. The van der Waals surface area contributed by atoms with Gasteiger partial charge in [0.15, 0.2) is 18.1 Å². The minimum absolute atomic E-state index is 0.0175. The number of ether oxygens (including phenoxy) is 2. The first-order valence-corrected chi connectivity index (χ1v) is 12.2. The Morgan fingerprint density at radius 3 is 2.47 bits per heavy atom. The molecule has 0 aliphatic carbocycles. The van der Waals surface area contributed by atoms with E-state index in [0.29, 0.717) is 60.1 Å². The summed E-state index contributed by atoms with van der Waals surface area (Å²) in [7, 11) is 1.51. The molecule has 0 bridgehead atoms. The van der Waals surface area contributed by atoms with E-state index in [9.17, 15) is 13.6 Å². The van der Waals surface area contributed by atoms with Gasteiger partial charge in [0.05, 0.1) is 17.6 Å². The molecule has 1 fully saturated rings. The van der Waals surface area contributed by atoms with E-state index in [2.05, 4.69) is 20.2 Å². The number of amides is 1. The highest BCUT2D eigenvalue weighted by atomic mass is 35.5. The van der Waals surface area contributed by atoms with Crippen LogP contribution in [0.15, 0.2) is 60.9 Å². The Bertz CT molecular complexity index is 1460. The highest BCUT2D eigenvalue weighted by molar-refractivity contribution is 6.31. The third-order valence-electron chi connectivity index (χ3n) is 6.28. The molecule has 4 aromatic rings. The van der Waals surface area contributed by atoms with Gasteiger partial charge < -0.3 is 24.6 Å². The average Bonchev–Trinajstić information content (AvgIpc) is 2.94. The zero-order chi connectivity index (χ0) is 26.6. The topological polar surface area (TPSA) is 79.8 Å². The summed E-state index contributed by atoms with van der Waals surface area (Å²) in [5.41, 5.74) is 2.05. The molecule has 1 aromatic heterocycles. The van der Waals surface area contributed by atoms with Crippen molar-refractivity contribution in [1.82, 2.24) is 14.9 Å². The normalized spacial score (nSPS) is 13.5. The number of carbonyl (C=O) groups excluding carboxylic acids is 1. The van der Waals surface area contributed by atoms with E-state index >= 15 is 0 Å². The van der Waals surface area contributed by atoms with Crippen molar-refractivity contribution >= 4 is 45.6 Å². The molecular formula is C27H24ClF2N5O3. The standard InChI is InChI=1S/C27H24ClF2N5O3/c1-37-24-14-23-20(27(32-16-31-23)33-18-4-7-22(30)21(28)12-18)13-25(24)38-15-26(36)35-10-8-34(9-11-35)19-5-2-17(29)3-6-19/h2-7,12-14,16H,8-11,15H2,1H3,(H,31,32,33). The van der Waals surface area contributed by atoms with Gasteiger partial charge in [0.25, 0.3) is 5.91 Å². The second-order valence-electron chi connectivity index (χ2n) is 8.63. The van der Waals surface area contributed by atoms with E-state index in [-0.39, 0.29) is 23.4 Å². The lowest BCUT2D eigenvalue weighted by Crippen LogP contribution is -2.50. The number of hydrogen-bond donors (Lipinski definition) is 1. The lowest BCUT2D eigenvalue weighted by atomic mass is 10.2. The number of anilines is 3. The van der Waals surface area contributed by atoms with E-state index in [1.54, 1.807) is 35.2 Å². The van der Waals surface area contributed by atoms with Crippen LogP contribution in [0.2, 0.25) is 5.02 Å². The van der Waals surface area contributed by atoms with Gasteiger partial charge in [-0.25, -0.2) is 18.7 Å². The van der Waals surface area contributed by atoms with Gasteiger partial charge in [-0.15, -0.1) is 0 Å². The first kappa shape index (κ1) is 25.5. The summed E-state index contributed by atoms with van der Waals surface area (Å²) in [6, 6.07) is 14.0. The maximum atomic E-state index is 13.6. The van der Waals surface area contributed by atoms with Crippen molar-refractivity contribution in [2.75, 3.05) is 50.1 Å². The number of hydrogen-bond acceptors (Lipinski definition) is 7. The Labute approximate surface area is 222 Å². The van der Waals surface area contributed by atoms with E-state index in [1.807, 2.05) is 0 Å². The molecule has 196 valence electrons. The summed E-state index contributed by atoms with van der Waals surface area (Å²) in [5, 5.41) is 3.72. The molecule has 0 saturated carbocycles. The monoisotopic (exact) mass is 539 g/mol. The number of nitrogens with zero attached hydrogens (tertiary/aromatic N) is 4. The number of fused-ring (bicyclic) bond motifs is 1. The molecule has 1 aliphatic rings. The van der Waals surface area contributed by atoms with Crippen molar-refractivity contribution in [2.24, 2.45) is 0 Å². The molecule has 38 heavy (non-hydrogen) atoms. The molecule has 8 nitrogen and oxygen atoms in total. The lowest BCUT2D eigenvalue weighted by Gasteiger charge is -2.36. The smallest absolute Gasteiger partial charge is 0.260 e. The fraction of sp³-hybridized carbons (Fsp3) is 0.222. The molecule has 0 unspecified atom stereocenters.